The summed E-state index contributed by atoms with van der Waals surface area (Å²) in [6.45, 7) is 4.30. The summed E-state index contributed by atoms with van der Waals surface area (Å²) in [6, 6.07) is 7.79. The van der Waals surface area contributed by atoms with Gasteiger partial charge in [-0.1, -0.05) is 31.1 Å². The fraction of sp³-hybridized carbons (Fsp3) is 0.400. The van der Waals surface area contributed by atoms with Crippen molar-refractivity contribution in [1.29, 1.82) is 0 Å². The molecule has 0 saturated heterocycles. The predicted octanol–water partition coefficient (Wildman–Crippen LogP) is 3.84. The van der Waals surface area contributed by atoms with E-state index in [4.69, 9.17) is 15.0 Å². The lowest BCUT2D eigenvalue weighted by molar-refractivity contribution is 0.415. The Kier molecular flexibility index (Phi) is 4.10. The summed E-state index contributed by atoms with van der Waals surface area (Å²) in [5.41, 5.74) is 8.81. The van der Waals surface area contributed by atoms with Crippen LogP contribution < -0.4 is 10.5 Å². The van der Waals surface area contributed by atoms with Gasteiger partial charge in [-0.05, 0) is 30.5 Å². The number of methoxy groups -OCH3 is 1. The number of rotatable bonds is 5. The van der Waals surface area contributed by atoms with Crippen molar-refractivity contribution >= 4 is 5.88 Å². The lowest BCUT2D eigenvalue weighted by Gasteiger charge is -2.11. The highest BCUT2D eigenvalue weighted by Crippen LogP contribution is 2.36. The minimum absolute atomic E-state index is 0.373. The molecule has 0 bridgehead atoms. The van der Waals surface area contributed by atoms with Crippen LogP contribution in [0.1, 0.15) is 38.3 Å². The maximum Gasteiger partial charge on any atom is 0.230 e. The second kappa shape index (κ2) is 5.78. The number of ether oxygens (including phenoxy) is 1. The van der Waals surface area contributed by atoms with Crippen LogP contribution in [0.3, 0.4) is 0 Å². The minimum atomic E-state index is 0.373. The largest absolute Gasteiger partial charge is 0.497 e. The van der Waals surface area contributed by atoms with Gasteiger partial charge >= 0.3 is 0 Å². The fourth-order valence-corrected chi connectivity index (χ4v) is 2.32. The van der Waals surface area contributed by atoms with Gasteiger partial charge in [0.25, 0.3) is 0 Å². The van der Waals surface area contributed by atoms with Crippen molar-refractivity contribution < 1.29 is 9.26 Å². The normalized spacial score (nSPS) is 10.9. The van der Waals surface area contributed by atoms with E-state index in [0.717, 1.165) is 35.4 Å². The highest BCUT2D eigenvalue weighted by Gasteiger charge is 2.21. The second-order valence-electron chi connectivity index (χ2n) is 4.55. The van der Waals surface area contributed by atoms with Crippen molar-refractivity contribution in [3.05, 3.63) is 30.0 Å². The Morgan fingerprint density at radius 1 is 1.21 bits per heavy atom. The van der Waals surface area contributed by atoms with Crippen LogP contribution in [-0.4, -0.2) is 12.3 Å². The van der Waals surface area contributed by atoms with Crippen molar-refractivity contribution in [2.75, 3.05) is 12.8 Å². The Labute approximate surface area is 113 Å². The Morgan fingerprint density at radius 2 is 1.84 bits per heavy atom. The minimum Gasteiger partial charge on any atom is -0.497 e. The van der Waals surface area contributed by atoms with Crippen LogP contribution in [0.2, 0.25) is 0 Å². The van der Waals surface area contributed by atoms with Crippen LogP contribution >= 0.6 is 0 Å². The topological polar surface area (TPSA) is 61.3 Å². The first-order valence-corrected chi connectivity index (χ1v) is 6.60. The molecule has 4 nitrogen and oxygen atoms in total. The number of aromatic nitrogens is 1. The van der Waals surface area contributed by atoms with E-state index < -0.39 is 0 Å². The molecule has 2 aromatic rings. The van der Waals surface area contributed by atoms with Crippen molar-refractivity contribution in [2.45, 2.75) is 32.6 Å². The van der Waals surface area contributed by atoms with Gasteiger partial charge in [0.1, 0.15) is 5.75 Å². The molecule has 0 radical (unpaired) electrons. The average Bonchev–Trinajstić information content (AvgIpc) is 2.82. The Hall–Kier alpha value is -1.97. The zero-order valence-electron chi connectivity index (χ0n) is 11.6. The van der Waals surface area contributed by atoms with Crippen LogP contribution in [0.5, 0.6) is 5.75 Å². The molecule has 0 aliphatic rings. The van der Waals surface area contributed by atoms with Gasteiger partial charge in [0.15, 0.2) is 0 Å². The van der Waals surface area contributed by atoms with Gasteiger partial charge in [0, 0.05) is 5.92 Å². The molecule has 102 valence electrons. The predicted molar refractivity (Wildman–Crippen MR) is 76.2 cm³/mol. The molecule has 1 aromatic heterocycles. The lowest BCUT2D eigenvalue weighted by atomic mass is 9.93. The van der Waals surface area contributed by atoms with E-state index in [2.05, 4.69) is 19.0 Å². The van der Waals surface area contributed by atoms with Gasteiger partial charge in [-0.25, -0.2) is 0 Å². The first-order chi connectivity index (χ1) is 9.21. The molecule has 1 aromatic carbocycles. The van der Waals surface area contributed by atoms with Gasteiger partial charge in [-0.3, -0.25) is 0 Å². The van der Waals surface area contributed by atoms with E-state index in [1.165, 1.54) is 0 Å². The van der Waals surface area contributed by atoms with Gasteiger partial charge < -0.3 is 15.0 Å². The quantitative estimate of drug-likeness (QED) is 0.887. The number of nitrogen functional groups attached to an aromatic ring is 1. The highest BCUT2D eigenvalue weighted by atomic mass is 16.5. The van der Waals surface area contributed by atoms with Crippen LogP contribution in [-0.2, 0) is 0 Å². The zero-order chi connectivity index (χ0) is 13.8. The number of anilines is 1. The van der Waals surface area contributed by atoms with Gasteiger partial charge in [0.05, 0.1) is 18.4 Å². The summed E-state index contributed by atoms with van der Waals surface area (Å²) in [4.78, 5) is 0. The molecule has 0 saturated carbocycles. The molecule has 19 heavy (non-hydrogen) atoms. The standard InChI is InChI=1S/C15H20N2O2/c1-4-10(5-2)14-13(15(16)19-17-14)11-6-8-12(18-3)9-7-11/h6-10H,4-5,16H2,1-3H3. The van der Waals surface area contributed by atoms with Crippen LogP contribution in [0.25, 0.3) is 11.1 Å². The summed E-state index contributed by atoms with van der Waals surface area (Å²) in [7, 11) is 1.65. The molecule has 0 aliphatic heterocycles. The summed E-state index contributed by atoms with van der Waals surface area (Å²) in [5.74, 6) is 1.58. The van der Waals surface area contributed by atoms with Gasteiger partial charge in [-0.15, -0.1) is 0 Å². The van der Waals surface area contributed by atoms with Crippen LogP contribution in [0.4, 0.5) is 5.88 Å². The summed E-state index contributed by atoms with van der Waals surface area (Å²) in [5, 5.41) is 4.15. The van der Waals surface area contributed by atoms with Crippen LogP contribution in [0, 0.1) is 0 Å². The number of nitrogens with two attached hydrogens (primary N) is 1. The van der Waals surface area contributed by atoms with E-state index in [1.807, 2.05) is 24.3 Å². The van der Waals surface area contributed by atoms with Crippen molar-refractivity contribution in [3.8, 4) is 16.9 Å². The maximum absolute atomic E-state index is 5.93. The van der Waals surface area contributed by atoms with Gasteiger partial charge in [-0.2, -0.15) is 0 Å². The summed E-state index contributed by atoms with van der Waals surface area (Å²) in [6.07, 6.45) is 2.04. The zero-order valence-corrected chi connectivity index (χ0v) is 11.6. The van der Waals surface area contributed by atoms with E-state index >= 15 is 0 Å². The average molecular weight is 260 g/mol. The molecule has 0 fully saturated rings. The third-order valence-corrected chi connectivity index (χ3v) is 3.50. The molecule has 2 N–H and O–H groups in total. The molecule has 2 rings (SSSR count). The SMILES string of the molecule is CCC(CC)c1noc(N)c1-c1ccc(OC)cc1. The fourth-order valence-electron chi connectivity index (χ4n) is 2.32. The number of hydrogen-bond donors (Lipinski definition) is 1. The lowest BCUT2D eigenvalue weighted by Crippen LogP contribution is -1.99. The summed E-state index contributed by atoms with van der Waals surface area (Å²) < 4.78 is 10.4. The second-order valence-corrected chi connectivity index (χ2v) is 4.55. The molecule has 0 aliphatic carbocycles. The molecular formula is C15H20N2O2. The maximum atomic E-state index is 5.93. The smallest absolute Gasteiger partial charge is 0.230 e. The van der Waals surface area contributed by atoms with Crippen molar-refractivity contribution in [3.63, 3.8) is 0 Å². The monoisotopic (exact) mass is 260 g/mol. The molecule has 1 heterocycles. The summed E-state index contributed by atoms with van der Waals surface area (Å²) >= 11 is 0. The van der Waals surface area contributed by atoms with E-state index in [-0.39, 0.29) is 0 Å². The Morgan fingerprint density at radius 3 is 2.37 bits per heavy atom. The Bertz CT molecular complexity index is 528. The van der Waals surface area contributed by atoms with E-state index in [1.54, 1.807) is 7.11 Å². The first-order valence-electron chi connectivity index (χ1n) is 6.60. The first kappa shape index (κ1) is 13.5. The molecule has 0 unspecified atom stereocenters. The highest BCUT2D eigenvalue weighted by molar-refractivity contribution is 5.75. The third kappa shape index (κ3) is 2.57. The Balaban J connectivity index is 2.45. The molecule has 4 heteroatoms. The molecular weight excluding hydrogens is 240 g/mol. The third-order valence-electron chi connectivity index (χ3n) is 3.50. The van der Waals surface area contributed by atoms with Gasteiger partial charge in [0.2, 0.25) is 5.88 Å². The molecule has 0 atom stereocenters. The van der Waals surface area contributed by atoms with E-state index in [0.29, 0.717) is 11.8 Å². The number of benzene rings is 1. The van der Waals surface area contributed by atoms with E-state index in [9.17, 15) is 0 Å². The number of nitrogens with zero attached hydrogens (tertiary/aromatic N) is 1. The molecule has 0 amide bonds. The van der Waals surface area contributed by atoms with Crippen LogP contribution in [0.15, 0.2) is 28.8 Å². The number of hydrogen-bond acceptors (Lipinski definition) is 4. The molecule has 0 spiro atoms. The van der Waals surface area contributed by atoms with Crippen molar-refractivity contribution in [2.24, 2.45) is 0 Å². The van der Waals surface area contributed by atoms with Crippen molar-refractivity contribution in [1.82, 2.24) is 5.16 Å².